The Morgan fingerprint density at radius 2 is 2.06 bits per heavy atom. The largest absolute Gasteiger partial charge is 0.475 e. The molecule has 1 heterocycles. The van der Waals surface area contributed by atoms with Crippen LogP contribution in [0.4, 0.5) is 0 Å². The first kappa shape index (κ1) is 14.8. The van der Waals surface area contributed by atoms with E-state index < -0.39 is 5.97 Å². The number of aromatic carboxylic acids is 1. The number of carbonyl (C=O) groups is 1. The number of hydrogen-bond acceptors (Lipinski definition) is 3. The quantitative estimate of drug-likeness (QED) is 0.746. The minimum absolute atomic E-state index is 0.000684. The first-order chi connectivity index (χ1) is 8.49. The first-order valence-electron chi connectivity index (χ1n) is 6.54. The van der Waals surface area contributed by atoms with E-state index in [9.17, 15) is 4.79 Å². The normalized spacial score (nSPS) is 12.9. The predicted octanol–water partition coefficient (Wildman–Crippen LogP) is 3.28. The number of furan rings is 1. The minimum Gasteiger partial charge on any atom is -0.475 e. The van der Waals surface area contributed by atoms with Crippen LogP contribution in [-0.4, -0.2) is 17.1 Å². The number of hydrogen-bond donors (Lipinski definition) is 2. The summed E-state index contributed by atoms with van der Waals surface area (Å²) in [5.74, 6) is 0.397. The lowest BCUT2D eigenvalue weighted by Crippen LogP contribution is -2.25. The van der Waals surface area contributed by atoms with Crippen molar-refractivity contribution in [2.24, 2.45) is 5.92 Å². The molecule has 4 heteroatoms. The summed E-state index contributed by atoms with van der Waals surface area (Å²) in [5.41, 5.74) is 0. The van der Waals surface area contributed by atoms with Gasteiger partial charge in [-0.1, -0.05) is 26.7 Å². The molecule has 0 aliphatic carbocycles. The second-order valence-electron chi connectivity index (χ2n) is 5.18. The number of carboxylic acids is 1. The molecule has 0 fully saturated rings. The van der Waals surface area contributed by atoms with Gasteiger partial charge in [-0.25, -0.2) is 4.79 Å². The van der Waals surface area contributed by atoms with Crippen LogP contribution in [0, 0.1) is 5.92 Å². The van der Waals surface area contributed by atoms with Crippen LogP contribution in [0.3, 0.4) is 0 Å². The van der Waals surface area contributed by atoms with E-state index in [1.807, 2.05) is 0 Å². The Balaban J connectivity index is 2.24. The van der Waals surface area contributed by atoms with Crippen molar-refractivity contribution < 1.29 is 14.3 Å². The van der Waals surface area contributed by atoms with Crippen LogP contribution in [0.2, 0.25) is 0 Å². The van der Waals surface area contributed by atoms with Gasteiger partial charge in [0, 0.05) is 6.04 Å². The fourth-order valence-electron chi connectivity index (χ4n) is 1.80. The zero-order chi connectivity index (χ0) is 13.5. The molecular formula is C14H23NO3. The van der Waals surface area contributed by atoms with Gasteiger partial charge in [0.1, 0.15) is 5.76 Å². The van der Waals surface area contributed by atoms with Gasteiger partial charge in [-0.2, -0.15) is 0 Å². The Hall–Kier alpha value is -1.29. The maximum atomic E-state index is 10.6. The molecule has 1 unspecified atom stereocenters. The van der Waals surface area contributed by atoms with Gasteiger partial charge in [-0.3, -0.25) is 0 Å². The maximum Gasteiger partial charge on any atom is 0.371 e. The van der Waals surface area contributed by atoms with E-state index in [1.165, 1.54) is 18.9 Å². The third-order valence-corrected chi connectivity index (χ3v) is 2.92. The monoisotopic (exact) mass is 253 g/mol. The lowest BCUT2D eigenvalue weighted by atomic mass is 10.0. The smallest absolute Gasteiger partial charge is 0.371 e. The van der Waals surface area contributed by atoms with Crippen molar-refractivity contribution >= 4 is 5.97 Å². The Kier molecular flexibility index (Phi) is 5.92. The van der Waals surface area contributed by atoms with Crippen LogP contribution in [0.25, 0.3) is 0 Å². The third kappa shape index (κ3) is 5.36. The molecule has 0 radical (unpaired) electrons. The highest BCUT2D eigenvalue weighted by molar-refractivity contribution is 5.84. The van der Waals surface area contributed by atoms with Crippen LogP contribution >= 0.6 is 0 Å². The van der Waals surface area contributed by atoms with Gasteiger partial charge < -0.3 is 14.8 Å². The number of nitrogens with one attached hydrogen (secondary N) is 1. The van der Waals surface area contributed by atoms with E-state index in [0.29, 0.717) is 18.3 Å². The summed E-state index contributed by atoms with van der Waals surface area (Å²) in [5, 5.41) is 12.1. The fraction of sp³-hybridized carbons (Fsp3) is 0.643. The Bertz CT molecular complexity index is 371. The van der Waals surface area contributed by atoms with Crippen LogP contribution < -0.4 is 5.32 Å². The molecule has 0 bridgehead atoms. The van der Waals surface area contributed by atoms with E-state index in [-0.39, 0.29) is 5.76 Å². The molecule has 0 aromatic carbocycles. The summed E-state index contributed by atoms with van der Waals surface area (Å²) in [7, 11) is 0. The van der Waals surface area contributed by atoms with Crippen LogP contribution in [0.5, 0.6) is 0 Å². The molecule has 4 nitrogen and oxygen atoms in total. The molecule has 0 spiro atoms. The summed E-state index contributed by atoms with van der Waals surface area (Å²) in [6, 6.07) is 3.61. The summed E-state index contributed by atoms with van der Waals surface area (Å²) in [4.78, 5) is 10.6. The average Bonchev–Trinajstić information content (AvgIpc) is 2.74. The molecule has 0 saturated heterocycles. The van der Waals surface area contributed by atoms with Crippen molar-refractivity contribution in [1.82, 2.24) is 5.32 Å². The minimum atomic E-state index is -1.02. The molecule has 1 rings (SSSR count). The second kappa shape index (κ2) is 7.21. The van der Waals surface area contributed by atoms with E-state index in [2.05, 4.69) is 26.1 Å². The van der Waals surface area contributed by atoms with Gasteiger partial charge in [0.2, 0.25) is 5.76 Å². The van der Waals surface area contributed by atoms with Gasteiger partial charge in [0.15, 0.2) is 0 Å². The number of carboxylic acid groups (broad SMARTS) is 1. The Morgan fingerprint density at radius 1 is 1.33 bits per heavy atom. The van der Waals surface area contributed by atoms with Crippen molar-refractivity contribution in [2.45, 2.75) is 52.6 Å². The molecule has 18 heavy (non-hydrogen) atoms. The molecule has 102 valence electrons. The average molecular weight is 253 g/mol. The lowest BCUT2D eigenvalue weighted by molar-refractivity contribution is 0.0660. The molecule has 0 amide bonds. The van der Waals surface area contributed by atoms with Crippen molar-refractivity contribution in [1.29, 1.82) is 0 Å². The van der Waals surface area contributed by atoms with Gasteiger partial charge in [0.25, 0.3) is 0 Å². The van der Waals surface area contributed by atoms with Crippen molar-refractivity contribution in [2.75, 3.05) is 0 Å². The van der Waals surface area contributed by atoms with Gasteiger partial charge in [-0.05, 0) is 31.4 Å². The molecule has 1 aromatic heterocycles. The van der Waals surface area contributed by atoms with Crippen LogP contribution in [0.15, 0.2) is 16.5 Å². The predicted molar refractivity (Wildman–Crippen MR) is 70.7 cm³/mol. The van der Waals surface area contributed by atoms with Gasteiger partial charge >= 0.3 is 5.97 Å². The summed E-state index contributed by atoms with van der Waals surface area (Å²) >= 11 is 0. The lowest BCUT2D eigenvalue weighted by Gasteiger charge is -2.13. The molecule has 0 aliphatic rings. The van der Waals surface area contributed by atoms with Crippen molar-refractivity contribution in [3.8, 4) is 0 Å². The number of rotatable bonds is 8. The summed E-state index contributed by atoms with van der Waals surface area (Å²) < 4.78 is 5.18. The zero-order valence-electron chi connectivity index (χ0n) is 11.4. The standard InChI is InChI=1S/C14H23NO3/c1-10(2)5-4-6-11(3)15-9-12-7-8-13(18-12)14(16)17/h7-8,10-11,15H,4-6,9H2,1-3H3,(H,16,17). The molecule has 1 aromatic rings. The second-order valence-corrected chi connectivity index (χ2v) is 5.18. The SMILES string of the molecule is CC(C)CCCC(C)NCc1ccc(C(=O)O)o1. The van der Waals surface area contributed by atoms with Gasteiger partial charge in [-0.15, -0.1) is 0 Å². The summed E-state index contributed by atoms with van der Waals surface area (Å²) in [6.07, 6.45) is 3.59. The molecular weight excluding hydrogens is 230 g/mol. The first-order valence-corrected chi connectivity index (χ1v) is 6.54. The highest BCUT2D eigenvalue weighted by atomic mass is 16.4. The molecule has 0 aliphatic heterocycles. The van der Waals surface area contributed by atoms with Gasteiger partial charge in [0.05, 0.1) is 6.54 Å². The van der Waals surface area contributed by atoms with Crippen molar-refractivity contribution in [3.05, 3.63) is 23.7 Å². The Morgan fingerprint density at radius 3 is 2.61 bits per heavy atom. The Labute approximate surface area is 108 Å². The maximum absolute atomic E-state index is 10.6. The van der Waals surface area contributed by atoms with E-state index >= 15 is 0 Å². The summed E-state index contributed by atoms with van der Waals surface area (Å²) in [6.45, 7) is 7.18. The fourth-order valence-corrected chi connectivity index (χ4v) is 1.80. The van der Waals surface area contributed by atoms with E-state index in [4.69, 9.17) is 9.52 Å². The van der Waals surface area contributed by atoms with E-state index in [0.717, 1.165) is 12.3 Å². The highest BCUT2D eigenvalue weighted by Gasteiger charge is 2.09. The highest BCUT2D eigenvalue weighted by Crippen LogP contribution is 2.10. The topological polar surface area (TPSA) is 62.5 Å². The van der Waals surface area contributed by atoms with E-state index in [1.54, 1.807) is 6.07 Å². The molecule has 1 atom stereocenters. The third-order valence-electron chi connectivity index (χ3n) is 2.92. The molecule has 2 N–H and O–H groups in total. The van der Waals surface area contributed by atoms with Crippen LogP contribution in [0.1, 0.15) is 56.3 Å². The molecule has 0 saturated carbocycles. The zero-order valence-corrected chi connectivity index (χ0v) is 11.4. The van der Waals surface area contributed by atoms with Crippen LogP contribution in [-0.2, 0) is 6.54 Å². The van der Waals surface area contributed by atoms with Crippen molar-refractivity contribution in [3.63, 3.8) is 0 Å².